The van der Waals surface area contributed by atoms with Crippen molar-refractivity contribution in [1.82, 2.24) is 10.2 Å². The highest BCUT2D eigenvalue weighted by Crippen LogP contribution is 2.29. The van der Waals surface area contributed by atoms with Crippen LogP contribution in [0.15, 0.2) is 36.4 Å². The molecule has 2 heterocycles. The minimum absolute atomic E-state index is 0.0526. The van der Waals surface area contributed by atoms with Crippen molar-refractivity contribution in [2.24, 2.45) is 0 Å². The molecular weight excluding hydrogens is 407 g/mol. The predicted molar refractivity (Wildman–Crippen MR) is 106 cm³/mol. The SMILES string of the molecule is O=C(Nc1n[nH]c2cccc(F)c12)c1ccc(N2CCCCS2(=O)=O)cc1Cl. The molecule has 1 fully saturated rings. The number of halogens is 2. The Bertz CT molecular complexity index is 1180. The molecule has 0 radical (unpaired) electrons. The topological polar surface area (TPSA) is 95.2 Å². The standard InChI is InChI=1S/C18H16ClFN4O3S/c19-13-10-11(24-8-1-2-9-28(24,26)27)6-7-12(13)18(25)21-17-16-14(20)4-3-5-15(16)22-23-17/h3-7,10H,1-2,8-9H2,(H2,21,22,23,25). The molecule has 1 amide bonds. The Morgan fingerprint density at radius 2 is 2.07 bits per heavy atom. The lowest BCUT2D eigenvalue weighted by atomic mass is 10.1. The van der Waals surface area contributed by atoms with E-state index in [0.717, 1.165) is 6.42 Å². The molecule has 2 aromatic carbocycles. The molecule has 1 aliphatic rings. The molecule has 0 saturated carbocycles. The second-order valence-corrected chi connectivity index (χ2v) is 8.87. The number of carbonyl (C=O) groups is 1. The molecule has 0 unspecified atom stereocenters. The zero-order valence-corrected chi connectivity index (χ0v) is 16.1. The Labute approximate surface area is 165 Å². The number of sulfonamides is 1. The molecular formula is C18H16ClFN4O3S. The normalized spacial score (nSPS) is 16.3. The maximum Gasteiger partial charge on any atom is 0.258 e. The number of nitrogens with one attached hydrogen (secondary N) is 2. The lowest BCUT2D eigenvalue weighted by Gasteiger charge is -2.28. The molecule has 7 nitrogen and oxygen atoms in total. The second-order valence-electron chi connectivity index (χ2n) is 6.45. The van der Waals surface area contributed by atoms with Gasteiger partial charge in [-0.25, -0.2) is 12.8 Å². The fourth-order valence-electron chi connectivity index (χ4n) is 3.22. The molecule has 1 saturated heterocycles. The summed E-state index contributed by atoms with van der Waals surface area (Å²) in [7, 11) is -3.38. The Morgan fingerprint density at radius 1 is 1.25 bits per heavy atom. The first kappa shape index (κ1) is 18.7. The summed E-state index contributed by atoms with van der Waals surface area (Å²) in [5.41, 5.74) is 0.997. The second kappa shape index (κ2) is 7.06. The van der Waals surface area contributed by atoms with Gasteiger partial charge in [0.15, 0.2) is 5.82 Å². The van der Waals surface area contributed by atoms with Crippen LogP contribution in [-0.4, -0.2) is 36.8 Å². The number of fused-ring (bicyclic) bond motifs is 1. The summed E-state index contributed by atoms with van der Waals surface area (Å²) in [6.07, 6.45) is 1.39. The predicted octanol–water partition coefficient (Wildman–Crippen LogP) is 3.54. The number of aromatic amines is 1. The van der Waals surface area contributed by atoms with Crippen molar-refractivity contribution in [3.8, 4) is 0 Å². The summed E-state index contributed by atoms with van der Waals surface area (Å²) in [5, 5.41) is 9.39. The maximum absolute atomic E-state index is 14.0. The fraction of sp³-hybridized carbons (Fsp3) is 0.222. The highest BCUT2D eigenvalue weighted by Gasteiger charge is 2.27. The van der Waals surface area contributed by atoms with E-state index in [1.165, 1.54) is 34.6 Å². The first-order chi connectivity index (χ1) is 13.4. The number of nitrogens with zero attached hydrogens (tertiary/aromatic N) is 2. The van der Waals surface area contributed by atoms with Gasteiger partial charge in [0, 0.05) is 6.54 Å². The van der Waals surface area contributed by atoms with E-state index in [-0.39, 0.29) is 27.5 Å². The van der Waals surface area contributed by atoms with Gasteiger partial charge in [0.25, 0.3) is 5.91 Å². The zero-order valence-electron chi connectivity index (χ0n) is 14.6. The summed E-state index contributed by atoms with van der Waals surface area (Å²) in [6, 6.07) is 8.87. The van der Waals surface area contributed by atoms with Gasteiger partial charge in [-0.05, 0) is 43.2 Å². The van der Waals surface area contributed by atoms with Crippen LogP contribution < -0.4 is 9.62 Å². The van der Waals surface area contributed by atoms with Gasteiger partial charge in [-0.2, -0.15) is 5.10 Å². The van der Waals surface area contributed by atoms with Crippen LogP contribution in [0.2, 0.25) is 5.02 Å². The van der Waals surface area contributed by atoms with Gasteiger partial charge in [-0.1, -0.05) is 17.7 Å². The van der Waals surface area contributed by atoms with Gasteiger partial charge in [0.1, 0.15) is 5.82 Å². The van der Waals surface area contributed by atoms with Crippen molar-refractivity contribution >= 4 is 49.9 Å². The molecule has 1 aliphatic heterocycles. The third-order valence-corrected chi connectivity index (χ3v) is 6.79. The summed E-state index contributed by atoms with van der Waals surface area (Å²) in [6.45, 7) is 0.378. The molecule has 4 rings (SSSR count). The van der Waals surface area contributed by atoms with Crippen molar-refractivity contribution in [2.45, 2.75) is 12.8 Å². The van der Waals surface area contributed by atoms with Crippen molar-refractivity contribution in [3.63, 3.8) is 0 Å². The quantitative estimate of drug-likeness (QED) is 0.674. The van der Waals surface area contributed by atoms with E-state index in [4.69, 9.17) is 11.6 Å². The number of aromatic nitrogens is 2. The van der Waals surface area contributed by atoms with Crippen LogP contribution in [0.3, 0.4) is 0 Å². The molecule has 3 aromatic rings. The van der Waals surface area contributed by atoms with Gasteiger partial charge < -0.3 is 5.32 Å². The minimum Gasteiger partial charge on any atom is -0.304 e. The molecule has 1 aromatic heterocycles. The van der Waals surface area contributed by atoms with Crippen LogP contribution in [0, 0.1) is 5.82 Å². The smallest absolute Gasteiger partial charge is 0.258 e. The molecule has 0 atom stereocenters. The minimum atomic E-state index is -3.38. The summed E-state index contributed by atoms with van der Waals surface area (Å²) >= 11 is 6.24. The fourth-order valence-corrected chi connectivity index (χ4v) is 5.11. The monoisotopic (exact) mass is 422 g/mol. The molecule has 146 valence electrons. The van der Waals surface area contributed by atoms with Crippen molar-refractivity contribution < 1.29 is 17.6 Å². The molecule has 0 aliphatic carbocycles. The number of rotatable bonds is 3. The van der Waals surface area contributed by atoms with E-state index < -0.39 is 21.7 Å². The van der Waals surface area contributed by atoms with Crippen LogP contribution in [-0.2, 0) is 10.0 Å². The van der Waals surface area contributed by atoms with Gasteiger partial charge in [0.2, 0.25) is 10.0 Å². The molecule has 0 bridgehead atoms. The van der Waals surface area contributed by atoms with Crippen LogP contribution in [0.4, 0.5) is 15.9 Å². The molecule has 28 heavy (non-hydrogen) atoms. The lowest BCUT2D eigenvalue weighted by Crippen LogP contribution is -2.37. The molecule has 2 N–H and O–H groups in total. The summed E-state index contributed by atoms with van der Waals surface area (Å²) in [4.78, 5) is 12.6. The summed E-state index contributed by atoms with van der Waals surface area (Å²) in [5.74, 6) is -0.949. The van der Waals surface area contributed by atoms with Crippen LogP contribution >= 0.6 is 11.6 Å². The van der Waals surface area contributed by atoms with Gasteiger partial charge in [0.05, 0.1) is 32.9 Å². The molecule has 10 heteroatoms. The zero-order chi connectivity index (χ0) is 19.9. The van der Waals surface area contributed by atoms with Crippen molar-refractivity contribution in [3.05, 3.63) is 52.8 Å². The van der Waals surface area contributed by atoms with Gasteiger partial charge in [-0.3, -0.25) is 14.2 Å². The largest absolute Gasteiger partial charge is 0.304 e. The van der Waals surface area contributed by atoms with Crippen LogP contribution in [0.1, 0.15) is 23.2 Å². The third-order valence-electron chi connectivity index (χ3n) is 4.61. The van der Waals surface area contributed by atoms with Crippen molar-refractivity contribution in [1.29, 1.82) is 0 Å². The van der Waals surface area contributed by atoms with Crippen molar-refractivity contribution in [2.75, 3.05) is 21.9 Å². The summed E-state index contributed by atoms with van der Waals surface area (Å²) < 4.78 is 39.8. The van der Waals surface area contributed by atoms with E-state index in [1.54, 1.807) is 6.07 Å². The number of hydrogen-bond acceptors (Lipinski definition) is 4. The Hall–Kier alpha value is -2.65. The lowest BCUT2D eigenvalue weighted by molar-refractivity contribution is 0.102. The van der Waals surface area contributed by atoms with E-state index in [9.17, 15) is 17.6 Å². The number of carbonyl (C=O) groups excluding carboxylic acids is 1. The van der Waals surface area contributed by atoms with Gasteiger partial charge >= 0.3 is 0 Å². The Morgan fingerprint density at radius 3 is 2.82 bits per heavy atom. The number of H-pyrrole nitrogens is 1. The number of amides is 1. The van der Waals surface area contributed by atoms with Crippen LogP contribution in [0.25, 0.3) is 10.9 Å². The Balaban J connectivity index is 1.61. The number of benzene rings is 2. The van der Waals surface area contributed by atoms with Crippen LogP contribution in [0.5, 0.6) is 0 Å². The highest BCUT2D eigenvalue weighted by molar-refractivity contribution is 7.92. The number of hydrogen-bond donors (Lipinski definition) is 2. The maximum atomic E-state index is 14.0. The number of anilines is 2. The average molecular weight is 423 g/mol. The Kier molecular flexibility index (Phi) is 4.72. The third kappa shape index (κ3) is 3.31. The van der Waals surface area contributed by atoms with E-state index in [2.05, 4.69) is 15.5 Å². The molecule has 0 spiro atoms. The van der Waals surface area contributed by atoms with Gasteiger partial charge in [-0.15, -0.1) is 0 Å². The average Bonchev–Trinajstić information content (AvgIpc) is 3.05. The van der Waals surface area contributed by atoms with E-state index in [1.807, 2.05) is 0 Å². The first-order valence-corrected chi connectivity index (χ1v) is 10.6. The highest BCUT2D eigenvalue weighted by atomic mass is 35.5. The van der Waals surface area contributed by atoms with E-state index >= 15 is 0 Å². The van der Waals surface area contributed by atoms with E-state index in [0.29, 0.717) is 24.2 Å². The first-order valence-electron chi connectivity index (χ1n) is 8.61.